The first kappa shape index (κ1) is 12.2. The Morgan fingerprint density at radius 2 is 2.33 bits per heavy atom. The third kappa shape index (κ3) is 2.68. The summed E-state index contributed by atoms with van der Waals surface area (Å²) in [6.45, 7) is 0.605. The van der Waals surface area contributed by atoms with Gasteiger partial charge in [0.1, 0.15) is 5.82 Å². The number of anilines is 1. The molecule has 0 aliphatic rings. The zero-order chi connectivity index (χ0) is 13.0. The van der Waals surface area contributed by atoms with Crippen LogP contribution in [0.4, 0.5) is 5.69 Å². The normalized spacial score (nSPS) is 10.1. The van der Waals surface area contributed by atoms with Crippen LogP contribution < -0.4 is 5.32 Å². The lowest BCUT2D eigenvalue weighted by Crippen LogP contribution is -2.07. The van der Waals surface area contributed by atoms with E-state index >= 15 is 0 Å². The Hall–Kier alpha value is -2.30. The molecule has 0 aliphatic carbocycles. The number of aromatic nitrogens is 2. The van der Waals surface area contributed by atoms with Gasteiger partial charge in [-0.3, -0.25) is 0 Å². The highest BCUT2D eigenvalue weighted by Gasteiger charge is 2.05. The number of nitrogens with one attached hydrogen (secondary N) is 1. The highest BCUT2D eigenvalue weighted by atomic mass is 16.5. The molecule has 0 saturated carbocycles. The topological polar surface area (TPSA) is 56.1 Å². The SMILES string of the molecule is COC(=O)c1cccc(NCc2nccn2C)c1. The largest absolute Gasteiger partial charge is 0.465 e. The number of carbonyl (C=O) groups is 1. The highest BCUT2D eigenvalue weighted by molar-refractivity contribution is 5.90. The molecule has 5 heteroatoms. The van der Waals surface area contributed by atoms with Crippen LogP contribution in [0.5, 0.6) is 0 Å². The van der Waals surface area contributed by atoms with E-state index in [1.165, 1.54) is 7.11 Å². The molecule has 0 amide bonds. The Morgan fingerprint density at radius 1 is 1.50 bits per heavy atom. The molecule has 0 saturated heterocycles. The Morgan fingerprint density at radius 3 is 3.00 bits per heavy atom. The van der Waals surface area contributed by atoms with E-state index in [-0.39, 0.29) is 5.97 Å². The van der Waals surface area contributed by atoms with E-state index in [2.05, 4.69) is 15.0 Å². The molecule has 18 heavy (non-hydrogen) atoms. The van der Waals surface area contributed by atoms with Crippen molar-refractivity contribution in [2.24, 2.45) is 7.05 Å². The number of ether oxygens (including phenoxy) is 1. The number of carbonyl (C=O) groups excluding carboxylic acids is 1. The quantitative estimate of drug-likeness (QED) is 0.835. The standard InChI is InChI=1S/C13H15N3O2/c1-16-7-6-14-12(16)9-15-11-5-3-4-10(8-11)13(17)18-2/h3-8,15H,9H2,1-2H3. The third-order valence-corrected chi connectivity index (χ3v) is 2.66. The summed E-state index contributed by atoms with van der Waals surface area (Å²) >= 11 is 0. The van der Waals surface area contributed by atoms with Gasteiger partial charge in [0.05, 0.1) is 19.2 Å². The molecule has 94 valence electrons. The Balaban J connectivity index is 2.06. The lowest BCUT2D eigenvalue weighted by Gasteiger charge is -2.07. The maximum Gasteiger partial charge on any atom is 0.337 e. The van der Waals surface area contributed by atoms with Crippen molar-refractivity contribution in [1.82, 2.24) is 9.55 Å². The second-order valence-corrected chi connectivity index (χ2v) is 3.88. The van der Waals surface area contributed by atoms with Crippen molar-refractivity contribution in [2.75, 3.05) is 12.4 Å². The van der Waals surface area contributed by atoms with Gasteiger partial charge >= 0.3 is 5.97 Å². The van der Waals surface area contributed by atoms with Crippen molar-refractivity contribution in [1.29, 1.82) is 0 Å². The van der Waals surface area contributed by atoms with Crippen LogP contribution in [0.2, 0.25) is 0 Å². The van der Waals surface area contributed by atoms with Crippen molar-refractivity contribution in [3.05, 3.63) is 48.0 Å². The fourth-order valence-corrected chi connectivity index (χ4v) is 1.62. The van der Waals surface area contributed by atoms with Gasteiger partial charge < -0.3 is 14.6 Å². The summed E-state index contributed by atoms with van der Waals surface area (Å²) in [4.78, 5) is 15.6. The van der Waals surface area contributed by atoms with E-state index in [4.69, 9.17) is 0 Å². The van der Waals surface area contributed by atoms with E-state index in [1.807, 2.05) is 29.9 Å². The molecule has 0 bridgehead atoms. The summed E-state index contributed by atoms with van der Waals surface area (Å²) < 4.78 is 6.62. The number of benzene rings is 1. The van der Waals surface area contributed by atoms with Crippen molar-refractivity contribution < 1.29 is 9.53 Å². The lowest BCUT2D eigenvalue weighted by atomic mass is 10.2. The number of methoxy groups -OCH3 is 1. The van der Waals surface area contributed by atoms with Gasteiger partial charge in [0.2, 0.25) is 0 Å². The second-order valence-electron chi connectivity index (χ2n) is 3.88. The first-order valence-corrected chi connectivity index (χ1v) is 5.59. The number of nitrogens with zero attached hydrogens (tertiary/aromatic N) is 2. The predicted octanol–water partition coefficient (Wildman–Crippen LogP) is 1.82. The summed E-state index contributed by atoms with van der Waals surface area (Å²) in [6, 6.07) is 7.19. The minimum atomic E-state index is -0.337. The van der Waals surface area contributed by atoms with Crippen LogP contribution in [0, 0.1) is 0 Å². The Bertz CT molecular complexity index is 549. The van der Waals surface area contributed by atoms with Gasteiger partial charge in [-0.05, 0) is 18.2 Å². The van der Waals surface area contributed by atoms with Gasteiger partial charge in [0, 0.05) is 25.1 Å². The van der Waals surface area contributed by atoms with Gasteiger partial charge in [0.25, 0.3) is 0 Å². The number of hydrogen-bond acceptors (Lipinski definition) is 4. The van der Waals surface area contributed by atoms with Crippen LogP contribution >= 0.6 is 0 Å². The van der Waals surface area contributed by atoms with Crippen LogP contribution in [0.3, 0.4) is 0 Å². The first-order chi connectivity index (χ1) is 8.70. The molecule has 2 aromatic rings. The predicted molar refractivity (Wildman–Crippen MR) is 68.3 cm³/mol. The zero-order valence-corrected chi connectivity index (χ0v) is 10.4. The monoisotopic (exact) mass is 245 g/mol. The van der Waals surface area contributed by atoms with Crippen molar-refractivity contribution >= 4 is 11.7 Å². The Labute approximate surface area is 105 Å². The number of rotatable bonds is 4. The fraction of sp³-hybridized carbons (Fsp3) is 0.231. The molecule has 0 fully saturated rings. The molecular weight excluding hydrogens is 230 g/mol. The molecule has 0 spiro atoms. The molecule has 1 heterocycles. The summed E-state index contributed by atoms with van der Waals surface area (Å²) in [6.07, 6.45) is 3.64. The zero-order valence-electron chi connectivity index (χ0n) is 10.4. The van der Waals surface area contributed by atoms with Gasteiger partial charge in [-0.15, -0.1) is 0 Å². The van der Waals surface area contributed by atoms with Crippen LogP contribution in [-0.2, 0) is 18.3 Å². The molecular formula is C13H15N3O2. The number of hydrogen-bond donors (Lipinski definition) is 1. The summed E-state index contributed by atoms with van der Waals surface area (Å²) in [7, 11) is 3.31. The van der Waals surface area contributed by atoms with Crippen LogP contribution in [-0.4, -0.2) is 22.6 Å². The maximum atomic E-state index is 11.4. The summed E-state index contributed by atoms with van der Waals surface area (Å²) in [5.74, 6) is 0.592. The number of esters is 1. The molecule has 2 rings (SSSR count). The minimum Gasteiger partial charge on any atom is -0.465 e. The molecule has 0 atom stereocenters. The number of imidazole rings is 1. The van der Waals surface area contributed by atoms with E-state index in [0.29, 0.717) is 12.1 Å². The van der Waals surface area contributed by atoms with E-state index < -0.39 is 0 Å². The van der Waals surface area contributed by atoms with Gasteiger partial charge in [-0.25, -0.2) is 9.78 Å². The molecule has 0 unspecified atom stereocenters. The van der Waals surface area contributed by atoms with E-state index in [1.54, 1.807) is 18.3 Å². The average Bonchev–Trinajstić information content (AvgIpc) is 2.81. The van der Waals surface area contributed by atoms with Gasteiger partial charge in [-0.1, -0.05) is 6.07 Å². The second kappa shape index (κ2) is 5.35. The Kier molecular flexibility index (Phi) is 3.62. The first-order valence-electron chi connectivity index (χ1n) is 5.59. The third-order valence-electron chi connectivity index (χ3n) is 2.66. The van der Waals surface area contributed by atoms with Gasteiger partial charge in [-0.2, -0.15) is 0 Å². The molecule has 0 aliphatic heterocycles. The van der Waals surface area contributed by atoms with Crippen molar-refractivity contribution in [3.63, 3.8) is 0 Å². The van der Waals surface area contributed by atoms with E-state index in [0.717, 1.165) is 11.5 Å². The maximum absolute atomic E-state index is 11.4. The van der Waals surface area contributed by atoms with Crippen LogP contribution in [0.15, 0.2) is 36.7 Å². The molecule has 1 aromatic heterocycles. The summed E-state index contributed by atoms with van der Waals surface area (Å²) in [5.41, 5.74) is 1.39. The highest BCUT2D eigenvalue weighted by Crippen LogP contribution is 2.12. The fourth-order valence-electron chi connectivity index (χ4n) is 1.62. The van der Waals surface area contributed by atoms with E-state index in [9.17, 15) is 4.79 Å². The van der Waals surface area contributed by atoms with Crippen molar-refractivity contribution in [3.8, 4) is 0 Å². The minimum absolute atomic E-state index is 0.337. The smallest absolute Gasteiger partial charge is 0.337 e. The average molecular weight is 245 g/mol. The molecule has 5 nitrogen and oxygen atoms in total. The van der Waals surface area contributed by atoms with Gasteiger partial charge in [0.15, 0.2) is 0 Å². The van der Waals surface area contributed by atoms with Crippen molar-refractivity contribution in [2.45, 2.75) is 6.54 Å². The molecule has 1 N–H and O–H groups in total. The van der Waals surface area contributed by atoms with Crippen LogP contribution in [0.1, 0.15) is 16.2 Å². The van der Waals surface area contributed by atoms with Crippen LogP contribution in [0.25, 0.3) is 0 Å². The molecule has 1 aromatic carbocycles. The lowest BCUT2D eigenvalue weighted by molar-refractivity contribution is 0.0601. The molecule has 0 radical (unpaired) electrons. The number of aryl methyl sites for hydroxylation is 1. The summed E-state index contributed by atoms with van der Waals surface area (Å²) in [5, 5.41) is 3.22.